The predicted octanol–water partition coefficient (Wildman–Crippen LogP) is 3.97. The van der Waals surface area contributed by atoms with Crippen LogP contribution >= 0.6 is 0 Å². The van der Waals surface area contributed by atoms with Crippen molar-refractivity contribution in [3.8, 4) is 11.3 Å². The van der Waals surface area contributed by atoms with E-state index < -0.39 is 11.7 Å². The van der Waals surface area contributed by atoms with E-state index in [1.165, 1.54) is 6.33 Å². The lowest BCUT2D eigenvalue weighted by Crippen LogP contribution is -2.27. The number of benzene rings is 1. The number of nitrogens with one attached hydrogen (secondary N) is 2. The number of nitrogens with zero attached hydrogens (tertiary/aromatic N) is 2. The summed E-state index contributed by atoms with van der Waals surface area (Å²) in [4.78, 5) is 23.4. The summed E-state index contributed by atoms with van der Waals surface area (Å²) < 4.78 is 5.30. The molecular formula is C17H18N4O2. The zero-order valence-electron chi connectivity index (χ0n) is 13.3. The van der Waals surface area contributed by atoms with Crippen molar-refractivity contribution in [2.45, 2.75) is 26.4 Å². The number of aromatic amines is 1. The summed E-state index contributed by atoms with van der Waals surface area (Å²) in [5.74, 6) is 0. The highest BCUT2D eigenvalue weighted by Gasteiger charge is 2.18. The van der Waals surface area contributed by atoms with E-state index in [0.29, 0.717) is 5.69 Å². The van der Waals surface area contributed by atoms with Crippen molar-refractivity contribution in [1.82, 2.24) is 15.0 Å². The van der Waals surface area contributed by atoms with E-state index >= 15 is 0 Å². The van der Waals surface area contributed by atoms with Gasteiger partial charge in [0.1, 0.15) is 11.9 Å². The molecule has 0 fully saturated rings. The molecule has 3 rings (SSSR count). The SMILES string of the molecule is CC(C)(C)OC(=O)Nc1ccc(-c2ccncn2)c2[nH]ccc12. The Bertz CT molecular complexity index is 835. The molecule has 2 heterocycles. The van der Waals surface area contributed by atoms with Crippen LogP contribution < -0.4 is 5.32 Å². The number of rotatable bonds is 2. The molecule has 6 heteroatoms. The molecule has 0 aliphatic carbocycles. The highest BCUT2D eigenvalue weighted by molar-refractivity contribution is 6.04. The van der Waals surface area contributed by atoms with E-state index in [2.05, 4.69) is 20.3 Å². The number of carbonyl (C=O) groups excluding carboxylic acids is 1. The molecule has 0 aliphatic heterocycles. The number of ether oxygens (including phenoxy) is 1. The molecular weight excluding hydrogens is 292 g/mol. The zero-order chi connectivity index (χ0) is 16.4. The quantitative estimate of drug-likeness (QED) is 0.750. The Hall–Kier alpha value is -2.89. The molecule has 23 heavy (non-hydrogen) atoms. The summed E-state index contributed by atoms with van der Waals surface area (Å²) in [5.41, 5.74) is 2.81. The molecule has 1 amide bonds. The Morgan fingerprint density at radius 3 is 2.74 bits per heavy atom. The smallest absolute Gasteiger partial charge is 0.412 e. The molecule has 2 N–H and O–H groups in total. The maximum Gasteiger partial charge on any atom is 0.412 e. The third-order valence-corrected chi connectivity index (χ3v) is 3.22. The van der Waals surface area contributed by atoms with Crippen molar-refractivity contribution in [3.05, 3.63) is 43.0 Å². The lowest BCUT2D eigenvalue weighted by Gasteiger charge is -2.20. The van der Waals surface area contributed by atoms with Crippen LogP contribution in [0.3, 0.4) is 0 Å². The molecule has 0 bridgehead atoms. The molecule has 0 atom stereocenters. The Kier molecular flexibility index (Phi) is 3.73. The number of aromatic nitrogens is 3. The Balaban J connectivity index is 1.96. The van der Waals surface area contributed by atoms with Gasteiger partial charge in [0.05, 0.1) is 16.9 Å². The third kappa shape index (κ3) is 3.31. The lowest BCUT2D eigenvalue weighted by atomic mass is 10.1. The molecule has 0 unspecified atom stereocenters. The summed E-state index contributed by atoms with van der Waals surface area (Å²) in [7, 11) is 0. The van der Waals surface area contributed by atoms with Crippen LogP contribution in [0.5, 0.6) is 0 Å². The van der Waals surface area contributed by atoms with Gasteiger partial charge in [-0.25, -0.2) is 14.8 Å². The van der Waals surface area contributed by atoms with Gasteiger partial charge in [0.15, 0.2) is 0 Å². The van der Waals surface area contributed by atoms with Crippen LogP contribution in [0.2, 0.25) is 0 Å². The standard InChI is InChI=1S/C17H18N4O2/c1-17(2,3)23-16(22)21-14-5-4-11(13-7-8-18-10-20-13)15-12(14)6-9-19-15/h4-10,19H,1-3H3,(H,21,22). The molecule has 118 valence electrons. The number of amides is 1. The average molecular weight is 310 g/mol. The number of hydrogen-bond acceptors (Lipinski definition) is 4. The van der Waals surface area contributed by atoms with Gasteiger partial charge >= 0.3 is 6.09 Å². The van der Waals surface area contributed by atoms with Crippen LogP contribution in [0.25, 0.3) is 22.2 Å². The first-order valence-electron chi connectivity index (χ1n) is 7.30. The molecule has 0 saturated heterocycles. The molecule has 3 aromatic rings. The number of anilines is 1. The van der Waals surface area contributed by atoms with Crippen LogP contribution in [-0.2, 0) is 4.74 Å². The topological polar surface area (TPSA) is 79.9 Å². The summed E-state index contributed by atoms with van der Waals surface area (Å²) in [6.07, 6.45) is 4.56. The summed E-state index contributed by atoms with van der Waals surface area (Å²) in [6.45, 7) is 5.49. The number of fused-ring (bicyclic) bond motifs is 1. The minimum Gasteiger partial charge on any atom is -0.444 e. The Morgan fingerprint density at radius 2 is 2.04 bits per heavy atom. The van der Waals surface area contributed by atoms with Gasteiger partial charge in [0.2, 0.25) is 0 Å². The van der Waals surface area contributed by atoms with E-state index in [4.69, 9.17) is 4.74 Å². The fraction of sp³-hybridized carbons (Fsp3) is 0.235. The van der Waals surface area contributed by atoms with E-state index in [1.54, 1.807) is 6.20 Å². The second-order valence-electron chi connectivity index (χ2n) is 6.15. The summed E-state index contributed by atoms with van der Waals surface area (Å²) in [6, 6.07) is 7.51. The second-order valence-corrected chi connectivity index (χ2v) is 6.15. The van der Waals surface area contributed by atoms with Crippen LogP contribution in [0.4, 0.5) is 10.5 Å². The highest BCUT2D eigenvalue weighted by Crippen LogP contribution is 2.31. The Labute approximate surface area is 133 Å². The van der Waals surface area contributed by atoms with Crippen LogP contribution in [0.1, 0.15) is 20.8 Å². The monoisotopic (exact) mass is 310 g/mol. The zero-order valence-corrected chi connectivity index (χ0v) is 13.3. The van der Waals surface area contributed by atoms with Crippen molar-refractivity contribution in [2.75, 3.05) is 5.32 Å². The maximum atomic E-state index is 12.0. The van der Waals surface area contributed by atoms with Gasteiger partial charge in [-0.2, -0.15) is 0 Å². The van der Waals surface area contributed by atoms with Crippen molar-refractivity contribution in [2.24, 2.45) is 0 Å². The lowest BCUT2D eigenvalue weighted by molar-refractivity contribution is 0.0636. The van der Waals surface area contributed by atoms with Gasteiger partial charge in [-0.05, 0) is 45.0 Å². The fourth-order valence-electron chi connectivity index (χ4n) is 2.34. The van der Waals surface area contributed by atoms with Crippen LogP contribution in [0, 0.1) is 0 Å². The molecule has 0 aliphatic rings. The van der Waals surface area contributed by atoms with Gasteiger partial charge < -0.3 is 9.72 Å². The van der Waals surface area contributed by atoms with E-state index in [9.17, 15) is 4.79 Å². The maximum absolute atomic E-state index is 12.0. The average Bonchev–Trinajstić information content (AvgIpc) is 2.96. The van der Waals surface area contributed by atoms with Gasteiger partial charge in [-0.1, -0.05) is 0 Å². The summed E-state index contributed by atoms with van der Waals surface area (Å²) >= 11 is 0. The Morgan fingerprint density at radius 1 is 1.22 bits per heavy atom. The van der Waals surface area contributed by atoms with Gasteiger partial charge in [-0.3, -0.25) is 5.32 Å². The van der Waals surface area contributed by atoms with Gasteiger partial charge in [0, 0.05) is 23.3 Å². The van der Waals surface area contributed by atoms with Crippen molar-refractivity contribution < 1.29 is 9.53 Å². The number of H-pyrrole nitrogens is 1. The van der Waals surface area contributed by atoms with Gasteiger partial charge in [-0.15, -0.1) is 0 Å². The molecule has 0 spiro atoms. The molecule has 1 aromatic carbocycles. The first-order valence-corrected chi connectivity index (χ1v) is 7.30. The largest absolute Gasteiger partial charge is 0.444 e. The molecule has 6 nitrogen and oxygen atoms in total. The molecule has 2 aromatic heterocycles. The van der Waals surface area contributed by atoms with E-state index in [0.717, 1.165) is 22.2 Å². The van der Waals surface area contributed by atoms with E-state index in [-0.39, 0.29) is 0 Å². The first kappa shape index (κ1) is 15.0. The van der Waals surface area contributed by atoms with Crippen molar-refractivity contribution >= 4 is 22.7 Å². The summed E-state index contributed by atoms with van der Waals surface area (Å²) in [5, 5.41) is 3.69. The van der Waals surface area contributed by atoms with Crippen molar-refractivity contribution in [1.29, 1.82) is 0 Å². The minimum absolute atomic E-state index is 0.477. The normalized spacial score (nSPS) is 11.4. The molecule has 0 saturated carbocycles. The first-order chi connectivity index (χ1) is 10.9. The predicted molar refractivity (Wildman–Crippen MR) is 89.2 cm³/mol. The van der Waals surface area contributed by atoms with Crippen LogP contribution in [-0.4, -0.2) is 26.6 Å². The molecule has 0 radical (unpaired) electrons. The van der Waals surface area contributed by atoms with Crippen molar-refractivity contribution in [3.63, 3.8) is 0 Å². The van der Waals surface area contributed by atoms with Gasteiger partial charge in [0.25, 0.3) is 0 Å². The van der Waals surface area contributed by atoms with E-state index in [1.807, 2.05) is 51.2 Å². The highest BCUT2D eigenvalue weighted by atomic mass is 16.6. The number of hydrogen-bond donors (Lipinski definition) is 2. The fourth-order valence-corrected chi connectivity index (χ4v) is 2.34. The minimum atomic E-state index is -0.539. The number of carbonyl (C=O) groups is 1. The van der Waals surface area contributed by atoms with Crippen LogP contribution in [0.15, 0.2) is 43.0 Å². The second kappa shape index (κ2) is 5.72. The third-order valence-electron chi connectivity index (χ3n) is 3.22.